The predicted molar refractivity (Wildman–Crippen MR) is 163 cm³/mol. The number of amides is 1. The first-order valence-corrected chi connectivity index (χ1v) is 14.8. The van der Waals surface area contributed by atoms with Gasteiger partial charge in [-0.1, -0.05) is 11.3 Å². The molecular formula is C30H27FN8O3S. The van der Waals surface area contributed by atoms with Gasteiger partial charge in [0.1, 0.15) is 16.6 Å². The molecule has 11 nitrogen and oxygen atoms in total. The van der Waals surface area contributed by atoms with Crippen molar-refractivity contribution in [1.82, 2.24) is 24.6 Å². The lowest BCUT2D eigenvalue weighted by Crippen LogP contribution is -2.48. The van der Waals surface area contributed by atoms with Gasteiger partial charge in [0.05, 0.1) is 27.3 Å². The molecule has 0 unspecified atom stereocenters. The van der Waals surface area contributed by atoms with Crippen LogP contribution in [-0.4, -0.2) is 61.7 Å². The number of carbonyl (C=O) groups excluding carboxylic acids is 1. The van der Waals surface area contributed by atoms with Crippen molar-refractivity contribution in [3.05, 3.63) is 76.6 Å². The molecule has 3 heterocycles. The smallest absolute Gasteiger partial charge is 0.269 e. The zero-order valence-corrected chi connectivity index (χ0v) is 24.1. The number of anilines is 3. The van der Waals surface area contributed by atoms with E-state index in [0.29, 0.717) is 42.4 Å². The van der Waals surface area contributed by atoms with Gasteiger partial charge in [-0.2, -0.15) is 0 Å². The van der Waals surface area contributed by atoms with Crippen LogP contribution in [0.2, 0.25) is 0 Å². The van der Waals surface area contributed by atoms with Gasteiger partial charge >= 0.3 is 0 Å². The topological polar surface area (TPSA) is 122 Å². The number of nitrogens with one attached hydrogen (secondary N) is 1. The Morgan fingerprint density at radius 3 is 2.35 bits per heavy atom. The highest BCUT2D eigenvalue weighted by atomic mass is 32.1. The molecule has 1 saturated heterocycles. The number of piperazine rings is 1. The summed E-state index contributed by atoms with van der Waals surface area (Å²) in [5, 5.41) is 24.4. The second kappa shape index (κ2) is 10.7. The van der Waals surface area contributed by atoms with E-state index in [2.05, 4.69) is 31.0 Å². The zero-order valence-electron chi connectivity index (χ0n) is 23.2. The molecule has 43 heavy (non-hydrogen) atoms. The first-order chi connectivity index (χ1) is 20.8. The summed E-state index contributed by atoms with van der Waals surface area (Å²) >= 11 is 1.35. The van der Waals surface area contributed by atoms with Crippen LogP contribution in [0.5, 0.6) is 0 Å². The maximum absolute atomic E-state index is 13.7. The number of fused-ring (bicyclic) bond motifs is 1. The summed E-state index contributed by atoms with van der Waals surface area (Å²) in [6.07, 6.45) is 2.12. The van der Waals surface area contributed by atoms with Crippen LogP contribution in [0, 0.1) is 15.9 Å². The fourth-order valence-corrected chi connectivity index (χ4v) is 6.25. The minimum absolute atomic E-state index is 0.0140. The van der Waals surface area contributed by atoms with Crippen molar-refractivity contribution in [2.75, 3.05) is 36.4 Å². The fraction of sp³-hybridized carbons (Fsp3) is 0.267. The molecule has 2 aliphatic rings. The Morgan fingerprint density at radius 1 is 1.00 bits per heavy atom. The third-order valence-electron chi connectivity index (χ3n) is 7.88. The largest absolute Gasteiger partial charge is 0.366 e. The van der Waals surface area contributed by atoms with Crippen molar-refractivity contribution in [3.63, 3.8) is 0 Å². The Bertz CT molecular complexity index is 1840. The third kappa shape index (κ3) is 5.27. The van der Waals surface area contributed by atoms with E-state index in [1.807, 2.05) is 11.0 Å². The van der Waals surface area contributed by atoms with Crippen molar-refractivity contribution >= 4 is 50.5 Å². The van der Waals surface area contributed by atoms with E-state index in [0.717, 1.165) is 52.2 Å². The van der Waals surface area contributed by atoms with E-state index in [9.17, 15) is 19.3 Å². The number of nitro groups is 1. The molecule has 3 aromatic carbocycles. The summed E-state index contributed by atoms with van der Waals surface area (Å²) in [7, 11) is 0. The maximum atomic E-state index is 13.7. The van der Waals surface area contributed by atoms with Gasteiger partial charge in [-0.3, -0.25) is 14.9 Å². The Morgan fingerprint density at radius 2 is 1.70 bits per heavy atom. The molecule has 1 aliphatic carbocycles. The van der Waals surface area contributed by atoms with Crippen LogP contribution in [0.3, 0.4) is 0 Å². The van der Waals surface area contributed by atoms with Gasteiger partial charge < -0.3 is 19.7 Å². The minimum atomic E-state index is -0.434. The molecule has 0 bridgehead atoms. The Balaban J connectivity index is 1.28. The summed E-state index contributed by atoms with van der Waals surface area (Å²) in [6, 6.07) is 17.2. The van der Waals surface area contributed by atoms with Gasteiger partial charge in [-0.15, -0.1) is 10.2 Å². The molecule has 1 saturated carbocycles. The molecule has 2 aromatic heterocycles. The van der Waals surface area contributed by atoms with Crippen LogP contribution in [0.25, 0.3) is 33.0 Å². The van der Waals surface area contributed by atoms with Gasteiger partial charge in [-0.25, -0.2) is 9.37 Å². The van der Waals surface area contributed by atoms with Gasteiger partial charge in [0, 0.05) is 62.4 Å². The molecule has 1 amide bonds. The number of hydrogen-bond donors (Lipinski definition) is 1. The highest BCUT2D eigenvalue weighted by Crippen LogP contribution is 2.44. The van der Waals surface area contributed by atoms with Crippen LogP contribution >= 0.6 is 11.3 Å². The van der Waals surface area contributed by atoms with E-state index >= 15 is 0 Å². The lowest BCUT2D eigenvalue weighted by Gasteiger charge is -2.36. The second-order valence-corrected chi connectivity index (χ2v) is 11.7. The highest BCUT2D eigenvalue weighted by molar-refractivity contribution is 7.18. The zero-order chi connectivity index (χ0) is 29.7. The van der Waals surface area contributed by atoms with E-state index in [4.69, 9.17) is 4.98 Å². The van der Waals surface area contributed by atoms with Crippen LogP contribution in [0.1, 0.15) is 25.8 Å². The second-order valence-electron chi connectivity index (χ2n) is 10.7. The Kier molecular flexibility index (Phi) is 6.73. The number of halogens is 1. The van der Waals surface area contributed by atoms with Crippen molar-refractivity contribution in [1.29, 1.82) is 0 Å². The SMILES string of the molecule is CC(=O)N1CCN(c2cc3c(cc2Nc2nnc(-c4ccc([N+](=O)[O-])cc4)s2)nc(-c2ccc(F)cc2)n3C2CC2)CC1. The average Bonchev–Trinajstić information content (AvgIpc) is 3.63. The highest BCUT2D eigenvalue weighted by Gasteiger charge is 2.30. The molecule has 218 valence electrons. The number of imidazole rings is 1. The number of nitrogens with zero attached hydrogens (tertiary/aromatic N) is 7. The van der Waals surface area contributed by atoms with Gasteiger partial charge in [0.15, 0.2) is 0 Å². The Hall–Kier alpha value is -4.91. The summed E-state index contributed by atoms with van der Waals surface area (Å²) in [5.41, 5.74) is 5.18. The lowest BCUT2D eigenvalue weighted by molar-refractivity contribution is -0.384. The molecule has 0 radical (unpaired) electrons. The maximum Gasteiger partial charge on any atom is 0.269 e. The minimum Gasteiger partial charge on any atom is -0.366 e. The van der Waals surface area contributed by atoms with E-state index in [-0.39, 0.29) is 17.4 Å². The van der Waals surface area contributed by atoms with Crippen LogP contribution in [0.4, 0.5) is 26.6 Å². The number of rotatable bonds is 7. The average molecular weight is 599 g/mol. The lowest BCUT2D eigenvalue weighted by atomic mass is 10.2. The first-order valence-electron chi connectivity index (χ1n) is 14.0. The quantitative estimate of drug-likeness (QED) is 0.178. The van der Waals surface area contributed by atoms with E-state index in [1.165, 1.54) is 35.6 Å². The van der Waals surface area contributed by atoms with Gasteiger partial charge in [0.25, 0.3) is 5.69 Å². The molecule has 5 aromatic rings. The molecule has 0 spiro atoms. The van der Waals surface area contributed by atoms with Crippen LogP contribution in [-0.2, 0) is 4.79 Å². The number of aromatic nitrogens is 4. The first kappa shape index (κ1) is 27.0. The molecular weight excluding hydrogens is 571 g/mol. The van der Waals surface area contributed by atoms with Crippen LogP contribution in [0.15, 0.2) is 60.7 Å². The summed E-state index contributed by atoms with van der Waals surface area (Å²) < 4.78 is 16.0. The molecule has 7 rings (SSSR count). The van der Waals surface area contributed by atoms with E-state index < -0.39 is 4.92 Å². The monoisotopic (exact) mass is 598 g/mol. The van der Waals surface area contributed by atoms with Crippen molar-refractivity contribution in [2.45, 2.75) is 25.8 Å². The standard InChI is InChI=1S/C30H27FN8O3S/c1-18(40)36-12-14-37(15-13-36)26-17-27-25(32-28(38(27)22-10-11-22)19-2-6-21(31)7-3-19)16-24(26)33-30-35-34-29(43-30)20-4-8-23(9-5-20)39(41)42/h2-9,16-17,22H,10-15H2,1H3,(H,33,35). The number of hydrogen-bond acceptors (Lipinski definition) is 9. The normalized spacial score (nSPS) is 15.2. The van der Waals surface area contributed by atoms with Crippen molar-refractivity contribution in [3.8, 4) is 22.0 Å². The third-order valence-corrected chi connectivity index (χ3v) is 8.77. The molecule has 2 fully saturated rings. The van der Waals surface area contributed by atoms with Gasteiger partial charge in [0.2, 0.25) is 11.0 Å². The molecule has 1 aliphatic heterocycles. The van der Waals surface area contributed by atoms with Gasteiger partial charge in [-0.05, 0) is 61.4 Å². The van der Waals surface area contributed by atoms with Crippen LogP contribution < -0.4 is 10.2 Å². The number of nitro benzene ring substituents is 1. The van der Waals surface area contributed by atoms with E-state index in [1.54, 1.807) is 31.2 Å². The number of carbonyl (C=O) groups is 1. The molecule has 0 atom stereocenters. The molecule has 13 heteroatoms. The summed E-state index contributed by atoms with van der Waals surface area (Å²) in [5.74, 6) is 0.580. The number of benzene rings is 3. The predicted octanol–water partition coefficient (Wildman–Crippen LogP) is 6.02. The fourth-order valence-electron chi connectivity index (χ4n) is 5.49. The molecule has 1 N–H and O–H groups in total. The summed E-state index contributed by atoms with van der Waals surface area (Å²) in [4.78, 5) is 31.7. The summed E-state index contributed by atoms with van der Waals surface area (Å²) in [6.45, 7) is 4.19. The number of non-ortho nitro benzene ring substituents is 1. The van der Waals surface area contributed by atoms with Crippen molar-refractivity contribution < 1.29 is 14.1 Å². The Labute approximate surface area is 249 Å². The van der Waals surface area contributed by atoms with Crippen molar-refractivity contribution in [2.24, 2.45) is 0 Å².